The molecule has 344 valence electrons. The summed E-state index contributed by atoms with van der Waals surface area (Å²) in [6, 6.07) is 0. The fourth-order valence-electron chi connectivity index (χ4n) is 6.92. The molecule has 0 amide bonds. The summed E-state index contributed by atoms with van der Waals surface area (Å²) in [5.41, 5.74) is 0. The highest BCUT2D eigenvalue weighted by molar-refractivity contribution is 7.47. The molecule has 0 aromatic rings. The van der Waals surface area contributed by atoms with Gasteiger partial charge < -0.3 is 24.6 Å². The van der Waals surface area contributed by atoms with E-state index in [0.717, 1.165) is 38.5 Å². The van der Waals surface area contributed by atoms with Crippen LogP contribution in [0.25, 0.3) is 0 Å². The van der Waals surface area contributed by atoms with Crippen LogP contribution in [0.3, 0.4) is 0 Å². The second kappa shape index (κ2) is 45.5. The van der Waals surface area contributed by atoms with Gasteiger partial charge in [-0.25, -0.2) is 4.57 Å². The lowest BCUT2D eigenvalue weighted by Gasteiger charge is -2.20. The molecule has 0 aliphatic carbocycles. The molecule has 0 fully saturated rings. The third kappa shape index (κ3) is 44.5. The third-order valence-corrected chi connectivity index (χ3v) is 11.6. The molecule has 0 bridgehead atoms. The second-order valence-electron chi connectivity index (χ2n) is 16.5. The molecule has 58 heavy (non-hydrogen) atoms. The number of unbranched alkanes of at least 4 members (excludes halogenated alkanes) is 29. The average Bonchev–Trinajstić information content (AvgIpc) is 3.21. The molecule has 0 saturated heterocycles. The van der Waals surface area contributed by atoms with E-state index in [0.29, 0.717) is 6.61 Å². The first-order chi connectivity index (χ1) is 28.3. The lowest BCUT2D eigenvalue weighted by molar-refractivity contribution is -0.154. The number of ether oxygens (including phenoxy) is 2. The quantitative estimate of drug-likeness (QED) is 0.0237. The van der Waals surface area contributed by atoms with Crippen LogP contribution in [0.2, 0.25) is 0 Å². The van der Waals surface area contributed by atoms with Gasteiger partial charge in [0.2, 0.25) is 0 Å². The van der Waals surface area contributed by atoms with Crippen molar-refractivity contribution in [2.75, 3.05) is 33.0 Å². The fraction of sp³-hybridized carbons (Fsp3) is 0.896. The van der Waals surface area contributed by atoms with Gasteiger partial charge in [0.05, 0.1) is 26.4 Å². The summed E-state index contributed by atoms with van der Waals surface area (Å²) in [5.74, 6) is -0.383. The summed E-state index contributed by atoms with van der Waals surface area (Å²) in [7, 11) is -4.52. The normalized spacial score (nSPS) is 14.1. The lowest BCUT2D eigenvalue weighted by atomic mass is 10.0. The van der Waals surface area contributed by atoms with Gasteiger partial charge in [0.1, 0.15) is 12.2 Å². The molecular formula is C48H93O9P. The summed E-state index contributed by atoms with van der Waals surface area (Å²) in [6.45, 7) is 3.54. The molecule has 10 heteroatoms. The molecule has 3 atom stereocenters. The topological polar surface area (TPSA) is 132 Å². The van der Waals surface area contributed by atoms with Crippen molar-refractivity contribution in [2.45, 2.75) is 244 Å². The van der Waals surface area contributed by atoms with Gasteiger partial charge in [-0.05, 0) is 44.9 Å². The Hall–Kier alpha value is -1.06. The van der Waals surface area contributed by atoms with Gasteiger partial charge >= 0.3 is 13.8 Å². The summed E-state index contributed by atoms with van der Waals surface area (Å²) >= 11 is 0. The number of rotatable bonds is 47. The standard InChI is InChI=1S/C48H93O9P/c1-3-5-7-9-11-13-15-17-19-21-23-24-26-28-30-32-34-36-38-40-48(51)57-47(45-56-58(52,53)55-43-46(50)42-49)44-54-41-39-37-35-33-31-29-27-25-22-20-18-16-14-12-10-8-6-4-2/h11,13,17,19,46-47,49-50H,3-10,12,14-16,18,20-45H2,1-2H3,(H,52,53)/b13-11-,19-17-/t46-,47+/m0/s1. The van der Waals surface area contributed by atoms with Gasteiger partial charge in [0.25, 0.3) is 0 Å². The molecule has 0 aliphatic rings. The number of phosphoric acid groups is 1. The van der Waals surface area contributed by atoms with Gasteiger partial charge in [-0.3, -0.25) is 13.8 Å². The largest absolute Gasteiger partial charge is 0.472 e. The maximum absolute atomic E-state index is 12.7. The number of allylic oxidation sites excluding steroid dienone is 4. The van der Waals surface area contributed by atoms with E-state index < -0.39 is 33.2 Å². The number of carbonyl (C=O) groups is 1. The van der Waals surface area contributed by atoms with E-state index in [2.05, 4.69) is 38.2 Å². The minimum Gasteiger partial charge on any atom is -0.457 e. The van der Waals surface area contributed by atoms with Crippen molar-refractivity contribution in [1.29, 1.82) is 0 Å². The van der Waals surface area contributed by atoms with Crippen LogP contribution in [0, 0.1) is 0 Å². The predicted octanol–water partition coefficient (Wildman–Crippen LogP) is 13.8. The monoisotopic (exact) mass is 845 g/mol. The van der Waals surface area contributed by atoms with E-state index in [-0.39, 0.29) is 25.6 Å². The first-order valence-electron chi connectivity index (χ1n) is 24.3. The van der Waals surface area contributed by atoms with Gasteiger partial charge in [-0.2, -0.15) is 0 Å². The summed E-state index contributed by atoms with van der Waals surface area (Å²) in [4.78, 5) is 22.7. The van der Waals surface area contributed by atoms with Crippen molar-refractivity contribution in [2.24, 2.45) is 0 Å². The highest BCUT2D eigenvalue weighted by Gasteiger charge is 2.26. The van der Waals surface area contributed by atoms with Crippen molar-refractivity contribution >= 4 is 13.8 Å². The zero-order valence-electron chi connectivity index (χ0n) is 37.8. The number of carbonyl (C=O) groups excluding carboxylic acids is 1. The Morgan fingerprint density at radius 1 is 0.534 bits per heavy atom. The molecule has 0 aromatic carbocycles. The summed E-state index contributed by atoms with van der Waals surface area (Å²) < 4.78 is 33.5. The smallest absolute Gasteiger partial charge is 0.457 e. The highest BCUT2D eigenvalue weighted by atomic mass is 31.2. The summed E-state index contributed by atoms with van der Waals surface area (Å²) in [5, 5.41) is 18.4. The number of hydrogen-bond acceptors (Lipinski definition) is 8. The predicted molar refractivity (Wildman–Crippen MR) is 242 cm³/mol. The van der Waals surface area contributed by atoms with Crippen LogP contribution >= 0.6 is 7.82 Å². The van der Waals surface area contributed by atoms with Crippen LogP contribution in [0.5, 0.6) is 0 Å². The van der Waals surface area contributed by atoms with Crippen LogP contribution in [0.15, 0.2) is 24.3 Å². The number of aliphatic hydroxyl groups is 2. The van der Waals surface area contributed by atoms with Gasteiger partial charge in [0.15, 0.2) is 0 Å². The Morgan fingerprint density at radius 2 is 0.931 bits per heavy atom. The van der Waals surface area contributed by atoms with E-state index in [1.807, 2.05) is 0 Å². The van der Waals surface area contributed by atoms with E-state index in [1.165, 1.54) is 173 Å². The molecule has 0 radical (unpaired) electrons. The van der Waals surface area contributed by atoms with E-state index in [9.17, 15) is 19.4 Å². The van der Waals surface area contributed by atoms with Crippen LogP contribution in [0.1, 0.15) is 232 Å². The van der Waals surface area contributed by atoms with Crippen LogP contribution in [0.4, 0.5) is 0 Å². The van der Waals surface area contributed by atoms with E-state index >= 15 is 0 Å². The van der Waals surface area contributed by atoms with Crippen molar-refractivity contribution in [3.8, 4) is 0 Å². The van der Waals surface area contributed by atoms with Crippen molar-refractivity contribution in [3.05, 3.63) is 24.3 Å². The Balaban J connectivity index is 4.08. The van der Waals surface area contributed by atoms with Crippen molar-refractivity contribution in [3.63, 3.8) is 0 Å². The third-order valence-electron chi connectivity index (χ3n) is 10.6. The molecule has 0 rings (SSSR count). The molecule has 1 unspecified atom stereocenters. The van der Waals surface area contributed by atoms with Gasteiger partial charge in [-0.1, -0.05) is 205 Å². The number of hydrogen-bond donors (Lipinski definition) is 3. The highest BCUT2D eigenvalue weighted by Crippen LogP contribution is 2.43. The second-order valence-corrected chi connectivity index (χ2v) is 17.9. The van der Waals surface area contributed by atoms with E-state index in [4.69, 9.17) is 23.6 Å². The average molecular weight is 845 g/mol. The minimum absolute atomic E-state index is 0.0524. The molecule has 0 aromatic heterocycles. The van der Waals surface area contributed by atoms with Crippen LogP contribution < -0.4 is 0 Å². The molecule has 0 saturated carbocycles. The van der Waals surface area contributed by atoms with Crippen LogP contribution in [-0.4, -0.2) is 66.3 Å². The number of esters is 1. The summed E-state index contributed by atoms with van der Waals surface area (Å²) in [6.07, 6.45) is 48.5. The van der Waals surface area contributed by atoms with E-state index in [1.54, 1.807) is 0 Å². The Bertz CT molecular complexity index is 959. The minimum atomic E-state index is -4.52. The maximum atomic E-state index is 12.7. The Morgan fingerprint density at radius 3 is 1.41 bits per heavy atom. The number of phosphoric ester groups is 1. The van der Waals surface area contributed by atoms with Gasteiger partial charge in [0, 0.05) is 13.0 Å². The molecular weight excluding hydrogens is 751 g/mol. The van der Waals surface area contributed by atoms with Gasteiger partial charge in [-0.15, -0.1) is 0 Å². The first kappa shape index (κ1) is 56.9. The first-order valence-corrected chi connectivity index (χ1v) is 25.8. The van der Waals surface area contributed by atoms with Crippen LogP contribution in [-0.2, 0) is 27.9 Å². The molecule has 9 nitrogen and oxygen atoms in total. The Kier molecular flexibility index (Phi) is 44.6. The van der Waals surface area contributed by atoms with Crippen molar-refractivity contribution in [1.82, 2.24) is 0 Å². The lowest BCUT2D eigenvalue weighted by Crippen LogP contribution is -2.29. The molecule has 3 N–H and O–H groups in total. The zero-order chi connectivity index (χ0) is 42.5. The zero-order valence-corrected chi connectivity index (χ0v) is 38.7. The Labute approximate surface area is 357 Å². The molecule has 0 heterocycles. The molecule has 0 aliphatic heterocycles. The van der Waals surface area contributed by atoms with Crippen molar-refractivity contribution < 1.29 is 43.0 Å². The SMILES string of the molecule is CCCCC/C=C\C/C=C\CCCCCCCCCCCC(=O)O[C@H](COCCCCCCCCCCCCCCCCCCCC)COP(=O)(O)OC[C@@H](O)CO. The maximum Gasteiger partial charge on any atom is 0.472 e. The fourth-order valence-corrected chi connectivity index (χ4v) is 7.71. The molecule has 0 spiro atoms. The number of aliphatic hydroxyl groups excluding tert-OH is 2.